The Balaban J connectivity index is 3.08. The molecule has 0 radical (unpaired) electrons. The van der Waals surface area contributed by atoms with Crippen molar-refractivity contribution in [2.75, 3.05) is 0 Å². The number of alkyl halides is 1. The molecule has 1 nitrogen and oxygen atoms in total. The smallest absolute Gasteiger partial charge is 0.180 e. The van der Waals surface area contributed by atoms with Gasteiger partial charge in [-0.25, -0.2) is 0 Å². The number of benzene rings is 1. The summed E-state index contributed by atoms with van der Waals surface area (Å²) in [7, 11) is 0. The van der Waals surface area contributed by atoms with Gasteiger partial charge in [0.1, 0.15) is 0 Å². The Bertz CT molecular complexity index is 316. The van der Waals surface area contributed by atoms with Crippen LogP contribution in [0.4, 0.5) is 0 Å². The number of halogens is 1. The lowest BCUT2D eigenvalue weighted by atomic mass is 10.1. The SMILES string of the molecule is CC(Cl)C(=O)c1cc(S)cc(S)c1. The van der Waals surface area contributed by atoms with Crippen molar-refractivity contribution in [3.63, 3.8) is 0 Å². The maximum Gasteiger partial charge on any atom is 0.180 e. The summed E-state index contributed by atoms with van der Waals surface area (Å²) in [5.74, 6) is -0.104. The fraction of sp³-hybridized carbons (Fsp3) is 0.222. The molecular weight excluding hydrogens is 224 g/mol. The fourth-order valence-corrected chi connectivity index (χ4v) is 1.75. The summed E-state index contributed by atoms with van der Waals surface area (Å²) >= 11 is 14.0. The highest BCUT2D eigenvalue weighted by Crippen LogP contribution is 2.18. The van der Waals surface area contributed by atoms with E-state index < -0.39 is 5.38 Å². The van der Waals surface area contributed by atoms with Gasteiger partial charge in [-0.05, 0) is 25.1 Å². The van der Waals surface area contributed by atoms with Crippen LogP contribution in [-0.4, -0.2) is 11.2 Å². The minimum absolute atomic E-state index is 0.104. The van der Waals surface area contributed by atoms with Gasteiger partial charge in [-0.1, -0.05) is 0 Å². The molecule has 70 valence electrons. The van der Waals surface area contributed by atoms with E-state index >= 15 is 0 Å². The summed E-state index contributed by atoms with van der Waals surface area (Å²) in [6, 6.07) is 5.13. The van der Waals surface area contributed by atoms with E-state index in [-0.39, 0.29) is 5.78 Å². The Morgan fingerprint density at radius 1 is 1.31 bits per heavy atom. The molecule has 1 unspecified atom stereocenters. The van der Waals surface area contributed by atoms with E-state index in [0.29, 0.717) is 15.4 Å². The molecule has 0 bridgehead atoms. The number of ketones is 1. The molecule has 0 aliphatic rings. The lowest BCUT2D eigenvalue weighted by Gasteiger charge is -2.04. The van der Waals surface area contributed by atoms with Crippen LogP contribution in [-0.2, 0) is 0 Å². The van der Waals surface area contributed by atoms with Crippen molar-refractivity contribution in [3.05, 3.63) is 23.8 Å². The molecule has 0 aliphatic heterocycles. The van der Waals surface area contributed by atoms with Crippen LogP contribution < -0.4 is 0 Å². The zero-order chi connectivity index (χ0) is 10.0. The summed E-state index contributed by atoms with van der Waals surface area (Å²) < 4.78 is 0. The monoisotopic (exact) mass is 232 g/mol. The second-order valence-corrected chi connectivity index (χ2v) is 4.41. The molecule has 0 aromatic heterocycles. The molecule has 0 N–H and O–H groups in total. The largest absolute Gasteiger partial charge is 0.293 e. The molecule has 13 heavy (non-hydrogen) atoms. The van der Waals surface area contributed by atoms with Crippen molar-refractivity contribution >= 4 is 42.6 Å². The second kappa shape index (κ2) is 4.40. The highest BCUT2D eigenvalue weighted by molar-refractivity contribution is 7.81. The van der Waals surface area contributed by atoms with Gasteiger partial charge in [0, 0.05) is 15.4 Å². The van der Waals surface area contributed by atoms with Crippen molar-refractivity contribution in [2.45, 2.75) is 22.1 Å². The van der Waals surface area contributed by atoms with Gasteiger partial charge in [0.25, 0.3) is 0 Å². The first-order valence-electron chi connectivity index (χ1n) is 3.72. The molecule has 0 spiro atoms. The Kier molecular flexibility index (Phi) is 3.71. The van der Waals surface area contributed by atoms with Gasteiger partial charge in [-0.15, -0.1) is 36.9 Å². The zero-order valence-electron chi connectivity index (χ0n) is 6.99. The van der Waals surface area contributed by atoms with Crippen LogP contribution in [0.15, 0.2) is 28.0 Å². The Morgan fingerprint density at radius 3 is 2.15 bits per heavy atom. The third-order valence-corrected chi connectivity index (χ3v) is 2.26. The van der Waals surface area contributed by atoms with Crippen molar-refractivity contribution in [1.82, 2.24) is 0 Å². The molecule has 1 aromatic rings. The molecule has 0 saturated carbocycles. The van der Waals surface area contributed by atoms with E-state index in [1.165, 1.54) is 0 Å². The van der Waals surface area contributed by atoms with E-state index in [1.54, 1.807) is 25.1 Å². The lowest BCUT2D eigenvalue weighted by Crippen LogP contribution is -2.10. The summed E-state index contributed by atoms with van der Waals surface area (Å²) in [6.07, 6.45) is 0. The van der Waals surface area contributed by atoms with E-state index in [2.05, 4.69) is 25.3 Å². The maximum absolute atomic E-state index is 11.4. The fourth-order valence-electron chi connectivity index (χ4n) is 0.967. The summed E-state index contributed by atoms with van der Waals surface area (Å²) in [4.78, 5) is 12.9. The minimum Gasteiger partial charge on any atom is -0.293 e. The Hall–Kier alpha value is -0.120. The van der Waals surface area contributed by atoms with Crippen LogP contribution >= 0.6 is 36.9 Å². The quantitative estimate of drug-likeness (QED) is 0.455. The summed E-state index contributed by atoms with van der Waals surface area (Å²) in [6.45, 7) is 1.65. The molecule has 0 aliphatic carbocycles. The highest BCUT2D eigenvalue weighted by atomic mass is 35.5. The van der Waals surface area contributed by atoms with Gasteiger partial charge >= 0.3 is 0 Å². The predicted molar refractivity (Wildman–Crippen MR) is 60.6 cm³/mol. The number of carbonyl (C=O) groups excluding carboxylic acids is 1. The second-order valence-electron chi connectivity index (χ2n) is 2.72. The normalized spacial score (nSPS) is 12.6. The first kappa shape index (κ1) is 11.0. The first-order chi connectivity index (χ1) is 6.00. The molecule has 4 heteroatoms. The molecule has 1 aromatic carbocycles. The summed E-state index contributed by atoms with van der Waals surface area (Å²) in [5.41, 5.74) is 0.556. The first-order valence-corrected chi connectivity index (χ1v) is 5.05. The van der Waals surface area contributed by atoms with Crippen LogP contribution in [0.2, 0.25) is 0 Å². The highest BCUT2D eigenvalue weighted by Gasteiger charge is 2.12. The van der Waals surface area contributed by atoms with Crippen molar-refractivity contribution in [3.8, 4) is 0 Å². The van der Waals surface area contributed by atoms with Crippen molar-refractivity contribution in [2.24, 2.45) is 0 Å². The van der Waals surface area contributed by atoms with Gasteiger partial charge in [0.2, 0.25) is 0 Å². The topological polar surface area (TPSA) is 17.1 Å². The van der Waals surface area contributed by atoms with Gasteiger partial charge < -0.3 is 0 Å². The Morgan fingerprint density at radius 2 is 1.77 bits per heavy atom. The van der Waals surface area contributed by atoms with E-state index in [4.69, 9.17) is 11.6 Å². The lowest BCUT2D eigenvalue weighted by molar-refractivity contribution is 0.0991. The predicted octanol–water partition coefficient (Wildman–Crippen LogP) is 3.07. The van der Waals surface area contributed by atoms with Crippen molar-refractivity contribution < 1.29 is 4.79 Å². The van der Waals surface area contributed by atoms with E-state index in [9.17, 15) is 4.79 Å². The van der Waals surface area contributed by atoms with Crippen LogP contribution in [0, 0.1) is 0 Å². The minimum atomic E-state index is -0.511. The van der Waals surface area contributed by atoms with Gasteiger partial charge in [0.05, 0.1) is 5.38 Å². The van der Waals surface area contributed by atoms with Crippen LogP contribution in [0.3, 0.4) is 0 Å². The average Bonchev–Trinajstić information content (AvgIpc) is 2.01. The summed E-state index contributed by atoms with van der Waals surface area (Å²) in [5, 5.41) is -0.511. The number of hydrogen-bond acceptors (Lipinski definition) is 3. The average molecular weight is 233 g/mol. The number of rotatable bonds is 2. The Labute approximate surface area is 93.3 Å². The van der Waals surface area contributed by atoms with Crippen LogP contribution in [0.5, 0.6) is 0 Å². The van der Waals surface area contributed by atoms with E-state index in [0.717, 1.165) is 0 Å². The molecule has 1 rings (SSSR count). The molecule has 0 amide bonds. The van der Waals surface area contributed by atoms with Crippen molar-refractivity contribution in [1.29, 1.82) is 0 Å². The molecule has 0 heterocycles. The van der Waals surface area contributed by atoms with E-state index in [1.807, 2.05) is 0 Å². The molecule has 1 atom stereocenters. The number of Topliss-reactive ketones (excluding diaryl/α,β-unsaturated/α-hetero) is 1. The zero-order valence-corrected chi connectivity index (χ0v) is 9.53. The third kappa shape index (κ3) is 2.93. The van der Waals surface area contributed by atoms with Crippen LogP contribution in [0.1, 0.15) is 17.3 Å². The van der Waals surface area contributed by atoms with Gasteiger partial charge in [-0.3, -0.25) is 4.79 Å². The van der Waals surface area contributed by atoms with Gasteiger partial charge in [-0.2, -0.15) is 0 Å². The number of carbonyl (C=O) groups is 1. The molecule has 0 fully saturated rings. The molecular formula is C9H9ClOS2. The number of thiol groups is 2. The van der Waals surface area contributed by atoms with Gasteiger partial charge in [0.15, 0.2) is 5.78 Å². The third-order valence-electron chi connectivity index (χ3n) is 1.55. The standard InChI is InChI=1S/C9H9ClOS2/c1-5(10)9(11)6-2-7(12)4-8(13)3-6/h2-5,12-13H,1H3. The van der Waals surface area contributed by atoms with Crippen LogP contribution in [0.25, 0.3) is 0 Å². The number of hydrogen-bond donors (Lipinski definition) is 2. The molecule has 0 saturated heterocycles. The maximum atomic E-state index is 11.4.